The molecule has 1 aliphatic heterocycles. The molecule has 0 unspecified atom stereocenters. The normalized spacial score (nSPS) is 25.2. The highest BCUT2D eigenvalue weighted by molar-refractivity contribution is 5.76. The Morgan fingerprint density at radius 3 is 2.75 bits per heavy atom. The minimum atomic E-state index is -0.128. The van der Waals surface area contributed by atoms with Gasteiger partial charge in [0.05, 0.1) is 0 Å². The Kier molecular flexibility index (Phi) is 5.23. The average molecular weight is 330 g/mol. The van der Waals surface area contributed by atoms with Crippen LogP contribution in [0.1, 0.15) is 31.2 Å². The number of benzene rings is 1. The first-order valence-corrected chi connectivity index (χ1v) is 8.79. The van der Waals surface area contributed by atoms with Crippen molar-refractivity contribution in [1.82, 2.24) is 20.9 Å². The maximum atomic E-state index is 12.0. The Hall–Kier alpha value is -2.24. The Morgan fingerprint density at radius 1 is 1.21 bits per heavy atom. The van der Waals surface area contributed by atoms with Crippen LogP contribution in [-0.4, -0.2) is 49.2 Å². The highest BCUT2D eigenvalue weighted by Crippen LogP contribution is 2.46. The average Bonchev–Trinajstić information content (AvgIpc) is 3.23. The van der Waals surface area contributed by atoms with E-state index in [-0.39, 0.29) is 18.1 Å². The standard InChI is InChI=1S/C18H26N4O2/c1-2-19-18(24)22-9-8-15(12-22)21-17(23)20-11-14-10-16(14)13-6-4-3-5-7-13/h3-7,14-16H,2,8-12H2,1H3,(H,19,24)(H2,20,21,23)/t14-,15-,16-/m0/s1. The summed E-state index contributed by atoms with van der Waals surface area (Å²) in [4.78, 5) is 25.5. The minimum Gasteiger partial charge on any atom is -0.338 e. The largest absolute Gasteiger partial charge is 0.338 e. The zero-order valence-electron chi connectivity index (χ0n) is 14.1. The van der Waals surface area contributed by atoms with Crippen LogP contribution >= 0.6 is 0 Å². The number of likely N-dealkylation sites (tertiary alicyclic amines) is 1. The molecule has 0 bridgehead atoms. The fourth-order valence-electron chi connectivity index (χ4n) is 3.37. The van der Waals surface area contributed by atoms with E-state index in [2.05, 4.69) is 40.2 Å². The zero-order valence-corrected chi connectivity index (χ0v) is 14.1. The van der Waals surface area contributed by atoms with Crippen LogP contribution in [0, 0.1) is 5.92 Å². The van der Waals surface area contributed by atoms with Crippen LogP contribution in [0.4, 0.5) is 9.59 Å². The van der Waals surface area contributed by atoms with E-state index in [0.29, 0.717) is 38.0 Å². The molecule has 4 amide bonds. The Balaban J connectivity index is 1.35. The number of carbonyl (C=O) groups excluding carboxylic acids is 2. The molecule has 1 aliphatic carbocycles. The van der Waals surface area contributed by atoms with Gasteiger partial charge in [-0.25, -0.2) is 9.59 Å². The van der Waals surface area contributed by atoms with Gasteiger partial charge in [0.25, 0.3) is 0 Å². The zero-order chi connectivity index (χ0) is 16.9. The van der Waals surface area contributed by atoms with E-state index >= 15 is 0 Å². The molecule has 3 N–H and O–H groups in total. The molecule has 1 aromatic carbocycles. The molecule has 1 aromatic rings. The summed E-state index contributed by atoms with van der Waals surface area (Å²) in [6.45, 7) is 4.50. The smallest absolute Gasteiger partial charge is 0.317 e. The first-order valence-electron chi connectivity index (χ1n) is 8.79. The summed E-state index contributed by atoms with van der Waals surface area (Å²) >= 11 is 0. The fraction of sp³-hybridized carbons (Fsp3) is 0.556. The molecule has 2 fully saturated rings. The first kappa shape index (κ1) is 16.6. The van der Waals surface area contributed by atoms with Gasteiger partial charge in [-0.3, -0.25) is 0 Å². The van der Waals surface area contributed by atoms with Crippen molar-refractivity contribution >= 4 is 12.1 Å². The van der Waals surface area contributed by atoms with E-state index < -0.39 is 0 Å². The second-order valence-corrected chi connectivity index (χ2v) is 6.63. The SMILES string of the molecule is CCNC(=O)N1CC[C@H](NC(=O)NC[C@@H]2C[C@H]2c2ccccc2)C1. The van der Waals surface area contributed by atoms with Crippen LogP contribution in [0.25, 0.3) is 0 Å². The van der Waals surface area contributed by atoms with E-state index in [1.807, 2.05) is 13.0 Å². The first-order chi connectivity index (χ1) is 11.7. The molecule has 0 radical (unpaired) electrons. The molecule has 2 aliphatic rings. The second-order valence-electron chi connectivity index (χ2n) is 6.63. The Morgan fingerprint density at radius 2 is 2.00 bits per heavy atom. The number of nitrogens with zero attached hydrogens (tertiary/aromatic N) is 1. The van der Waals surface area contributed by atoms with Crippen LogP contribution in [0.2, 0.25) is 0 Å². The van der Waals surface area contributed by atoms with Crippen molar-refractivity contribution in [2.75, 3.05) is 26.2 Å². The van der Waals surface area contributed by atoms with Crippen molar-refractivity contribution in [3.63, 3.8) is 0 Å². The molecule has 0 spiro atoms. The molecule has 6 heteroatoms. The summed E-state index contributed by atoms with van der Waals surface area (Å²) < 4.78 is 0. The third-order valence-electron chi connectivity index (χ3n) is 4.81. The van der Waals surface area contributed by atoms with Crippen LogP contribution in [-0.2, 0) is 0 Å². The molecule has 130 valence electrons. The summed E-state index contributed by atoms with van der Waals surface area (Å²) in [6.07, 6.45) is 1.94. The van der Waals surface area contributed by atoms with Crippen molar-refractivity contribution in [3.8, 4) is 0 Å². The van der Waals surface area contributed by atoms with Gasteiger partial charge in [-0.15, -0.1) is 0 Å². The van der Waals surface area contributed by atoms with Crippen molar-refractivity contribution < 1.29 is 9.59 Å². The molecular formula is C18H26N4O2. The van der Waals surface area contributed by atoms with Crippen molar-refractivity contribution in [2.45, 2.75) is 31.7 Å². The molecule has 3 atom stereocenters. The lowest BCUT2D eigenvalue weighted by Crippen LogP contribution is -2.45. The van der Waals surface area contributed by atoms with Crippen LogP contribution < -0.4 is 16.0 Å². The van der Waals surface area contributed by atoms with Crippen molar-refractivity contribution in [2.24, 2.45) is 5.92 Å². The summed E-state index contributed by atoms with van der Waals surface area (Å²) in [7, 11) is 0. The van der Waals surface area contributed by atoms with Gasteiger partial charge in [0.1, 0.15) is 0 Å². The van der Waals surface area contributed by atoms with Crippen molar-refractivity contribution in [1.29, 1.82) is 0 Å². The number of rotatable bonds is 5. The van der Waals surface area contributed by atoms with E-state index in [1.54, 1.807) is 4.90 Å². The highest BCUT2D eigenvalue weighted by Gasteiger charge is 2.38. The lowest BCUT2D eigenvalue weighted by molar-refractivity contribution is 0.207. The predicted molar refractivity (Wildman–Crippen MR) is 92.9 cm³/mol. The van der Waals surface area contributed by atoms with E-state index in [9.17, 15) is 9.59 Å². The summed E-state index contributed by atoms with van der Waals surface area (Å²) in [5.41, 5.74) is 1.36. The number of urea groups is 2. The van der Waals surface area contributed by atoms with Crippen LogP contribution in [0.5, 0.6) is 0 Å². The monoisotopic (exact) mass is 330 g/mol. The molecule has 1 heterocycles. The fourth-order valence-corrected chi connectivity index (χ4v) is 3.37. The van der Waals surface area contributed by atoms with Gasteiger partial charge < -0.3 is 20.9 Å². The number of hydrogen-bond donors (Lipinski definition) is 3. The maximum Gasteiger partial charge on any atom is 0.317 e. The Labute approximate surface area is 143 Å². The van der Waals surface area contributed by atoms with E-state index in [4.69, 9.17) is 0 Å². The van der Waals surface area contributed by atoms with E-state index in [1.165, 1.54) is 5.56 Å². The number of nitrogens with one attached hydrogen (secondary N) is 3. The molecule has 6 nitrogen and oxygen atoms in total. The van der Waals surface area contributed by atoms with Crippen molar-refractivity contribution in [3.05, 3.63) is 35.9 Å². The topological polar surface area (TPSA) is 73.5 Å². The third-order valence-corrected chi connectivity index (χ3v) is 4.81. The lowest BCUT2D eigenvalue weighted by Gasteiger charge is -2.17. The number of carbonyl (C=O) groups is 2. The van der Waals surface area contributed by atoms with Gasteiger partial charge in [0, 0.05) is 32.2 Å². The maximum absolute atomic E-state index is 12.0. The summed E-state index contributed by atoms with van der Waals surface area (Å²) in [5.74, 6) is 1.11. The second kappa shape index (κ2) is 7.55. The Bertz CT molecular complexity index is 578. The van der Waals surface area contributed by atoms with Gasteiger partial charge in [-0.05, 0) is 37.2 Å². The molecule has 0 aromatic heterocycles. The predicted octanol–water partition coefficient (Wildman–Crippen LogP) is 1.89. The van der Waals surface area contributed by atoms with Gasteiger partial charge in [-0.2, -0.15) is 0 Å². The molecule has 1 saturated carbocycles. The number of hydrogen-bond acceptors (Lipinski definition) is 2. The summed E-state index contributed by atoms with van der Waals surface area (Å²) in [5, 5.41) is 8.73. The molecule has 3 rings (SSSR count). The molecular weight excluding hydrogens is 304 g/mol. The number of amides is 4. The van der Waals surface area contributed by atoms with Gasteiger partial charge in [0.15, 0.2) is 0 Å². The molecule has 1 saturated heterocycles. The third kappa shape index (κ3) is 4.19. The highest BCUT2D eigenvalue weighted by atomic mass is 16.2. The molecule has 24 heavy (non-hydrogen) atoms. The lowest BCUT2D eigenvalue weighted by atomic mass is 10.1. The summed E-state index contributed by atoms with van der Waals surface area (Å²) in [6, 6.07) is 10.3. The minimum absolute atomic E-state index is 0.0386. The quantitative estimate of drug-likeness (QED) is 0.771. The van der Waals surface area contributed by atoms with Gasteiger partial charge in [0.2, 0.25) is 0 Å². The van der Waals surface area contributed by atoms with Gasteiger partial charge in [-0.1, -0.05) is 30.3 Å². The van der Waals surface area contributed by atoms with Gasteiger partial charge >= 0.3 is 12.1 Å². The van der Waals surface area contributed by atoms with Crippen LogP contribution in [0.15, 0.2) is 30.3 Å². The van der Waals surface area contributed by atoms with Crippen LogP contribution in [0.3, 0.4) is 0 Å². The van der Waals surface area contributed by atoms with E-state index in [0.717, 1.165) is 12.8 Å².